The van der Waals surface area contributed by atoms with Gasteiger partial charge in [0.1, 0.15) is 0 Å². The summed E-state index contributed by atoms with van der Waals surface area (Å²) in [6, 6.07) is 0.269. The molecule has 8 nitrogen and oxygen atoms in total. The molecular formula is C14H25N7OS. The molecule has 9 heteroatoms. The molecule has 3 rings (SSSR count). The van der Waals surface area contributed by atoms with Gasteiger partial charge in [0.05, 0.1) is 5.92 Å². The second kappa shape index (κ2) is 8.07. The molecule has 3 N–H and O–H groups in total. The maximum Gasteiger partial charge on any atom is 0.226 e. The van der Waals surface area contributed by atoms with E-state index in [1.165, 1.54) is 32.1 Å². The molecule has 2 unspecified atom stereocenters. The number of carbonyl (C=O) groups is 1. The van der Waals surface area contributed by atoms with Crippen molar-refractivity contribution in [2.24, 2.45) is 18.9 Å². The van der Waals surface area contributed by atoms with E-state index >= 15 is 0 Å². The van der Waals surface area contributed by atoms with E-state index in [2.05, 4.69) is 31.7 Å². The van der Waals surface area contributed by atoms with Gasteiger partial charge in [-0.3, -0.25) is 15.6 Å². The van der Waals surface area contributed by atoms with E-state index in [1.54, 1.807) is 16.4 Å². The first kappa shape index (κ1) is 16.7. The second-order valence-electron chi connectivity index (χ2n) is 6.28. The number of aromatic nitrogens is 4. The lowest BCUT2D eigenvalue weighted by Crippen LogP contribution is -2.44. The number of aryl methyl sites for hydroxylation is 1. The highest BCUT2D eigenvalue weighted by molar-refractivity contribution is 7.99. The highest BCUT2D eigenvalue weighted by atomic mass is 32.2. The van der Waals surface area contributed by atoms with Crippen molar-refractivity contribution >= 4 is 17.7 Å². The zero-order valence-corrected chi connectivity index (χ0v) is 14.3. The summed E-state index contributed by atoms with van der Waals surface area (Å²) in [7, 11) is 1.81. The van der Waals surface area contributed by atoms with Crippen LogP contribution in [0, 0.1) is 11.8 Å². The fraction of sp³-hybridized carbons (Fsp3) is 0.857. The fourth-order valence-electron chi connectivity index (χ4n) is 3.50. The molecule has 0 bridgehead atoms. The third-order valence-electron chi connectivity index (χ3n) is 4.73. The molecule has 1 aromatic rings. The van der Waals surface area contributed by atoms with Gasteiger partial charge in [-0.1, -0.05) is 31.0 Å². The number of hydrazine groups is 1. The lowest BCUT2D eigenvalue weighted by molar-refractivity contribution is -0.125. The van der Waals surface area contributed by atoms with Gasteiger partial charge < -0.3 is 5.32 Å². The van der Waals surface area contributed by atoms with Gasteiger partial charge in [-0.25, -0.2) is 4.68 Å². The Labute approximate surface area is 140 Å². The third-order valence-corrected chi connectivity index (χ3v) is 5.74. The van der Waals surface area contributed by atoms with Gasteiger partial charge in [-0.05, 0) is 29.2 Å². The van der Waals surface area contributed by atoms with Crippen LogP contribution in [0.4, 0.5) is 0 Å². The van der Waals surface area contributed by atoms with Gasteiger partial charge in [-0.15, -0.1) is 5.10 Å². The normalized spacial score (nSPS) is 25.6. The molecule has 1 saturated carbocycles. The molecule has 1 amide bonds. The molecule has 2 heterocycles. The van der Waals surface area contributed by atoms with E-state index in [1.807, 2.05) is 7.05 Å². The Kier molecular flexibility index (Phi) is 5.85. The first-order valence-electron chi connectivity index (χ1n) is 8.37. The minimum Gasteiger partial charge on any atom is -0.355 e. The zero-order chi connectivity index (χ0) is 16.1. The molecule has 1 aromatic heterocycles. The lowest BCUT2D eigenvalue weighted by Gasteiger charge is -2.30. The van der Waals surface area contributed by atoms with Crippen molar-refractivity contribution in [3.8, 4) is 0 Å². The number of nitrogens with zero attached hydrogens (tertiary/aromatic N) is 4. The predicted octanol–water partition coefficient (Wildman–Crippen LogP) is 0.0913. The largest absolute Gasteiger partial charge is 0.355 e. The van der Waals surface area contributed by atoms with Crippen LogP contribution in [0.25, 0.3) is 0 Å². The van der Waals surface area contributed by atoms with Crippen LogP contribution in [0.1, 0.15) is 32.1 Å². The summed E-state index contributed by atoms with van der Waals surface area (Å²) in [5.74, 6) is 1.56. The number of amides is 1. The first-order chi connectivity index (χ1) is 11.3. The van der Waals surface area contributed by atoms with Crippen molar-refractivity contribution in [2.45, 2.75) is 43.3 Å². The average Bonchev–Trinajstić information content (AvgIpc) is 3.21. The second-order valence-corrected chi connectivity index (χ2v) is 7.34. The molecular weight excluding hydrogens is 314 g/mol. The molecule has 23 heavy (non-hydrogen) atoms. The minimum absolute atomic E-state index is 0.0274. The van der Waals surface area contributed by atoms with E-state index in [9.17, 15) is 4.79 Å². The summed E-state index contributed by atoms with van der Waals surface area (Å²) in [6.07, 6.45) is 6.39. The number of nitrogens with one attached hydrogen (secondary N) is 3. The molecule has 1 aliphatic heterocycles. The predicted molar refractivity (Wildman–Crippen MR) is 87.5 cm³/mol. The molecule has 0 aromatic carbocycles. The van der Waals surface area contributed by atoms with Crippen molar-refractivity contribution < 1.29 is 4.79 Å². The maximum atomic E-state index is 12.5. The van der Waals surface area contributed by atoms with E-state index in [0.29, 0.717) is 19.0 Å². The Morgan fingerprint density at radius 3 is 2.96 bits per heavy atom. The van der Waals surface area contributed by atoms with Crippen LogP contribution in [-0.4, -0.2) is 51.0 Å². The van der Waals surface area contributed by atoms with Crippen LogP contribution in [0.5, 0.6) is 0 Å². The van der Waals surface area contributed by atoms with Crippen molar-refractivity contribution in [1.82, 2.24) is 36.4 Å². The smallest absolute Gasteiger partial charge is 0.226 e. The van der Waals surface area contributed by atoms with Gasteiger partial charge in [0.2, 0.25) is 11.1 Å². The number of rotatable bonds is 6. The van der Waals surface area contributed by atoms with Gasteiger partial charge in [0, 0.05) is 31.9 Å². The third kappa shape index (κ3) is 4.21. The summed E-state index contributed by atoms with van der Waals surface area (Å²) in [4.78, 5) is 12.5. The summed E-state index contributed by atoms with van der Waals surface area (Å²) < 4.78 is 1.64. The van der Waals surface area contributed by atoms with E-state index < -0.39 is 0 Å². The number of hydrogen-bond donors (Lipinski definition) is 3. The topological polar surface area (TPSA) is 96.8 Å². The lowest BCUT2D eigenvalue weighted by atomic mass is 9.79. The van der Waals surface area contributed by atoms with Gasteiger partial charge in [-0.2, -0.15) is 0 Å². The number of carbonyl (C=O) groups excluding carboxylic acids is 1. The number of thioether (sulfide) groups is 1. The Morgan fingerprint density at radius 2 is 2.22 bits per heavy atom. The van der Waals surface area contributed by atoms with Crippen molar-refractivity contribution in [2.75, 3.05) is 18.8 Å². The van der Waals surface area contributed by atoms with E-state index in [-0.39, 0.29) is 17.9 Å². The van der Waals surface area contributed by atoms with Crippen LogP contribution < -0.4 is 16.2 Å². The van der Waals surface area contributed by atoms with E-state index in [0.717, 1.165) is 10.9 Å². The van der Waals surface area contributed by atoms with Crippen LogP contribution in [-0.2, 0) is 11.8 Å². The SMILES string of the molecule is Cn1nnnc1SCCNC(=O)C1CNNC1C1CCCCC1. The molecule has 2 aliphatic rings. The molecule has 1 saturated heterocycles. The molecule has 128 valence electrons. The van der Waals surface area contributed by atoms with Crippen LogP contribution in [0.2, 0.25) is 0 Å². The van der Waals surface area contributed by atoms with Crippen LogP contribution in [0.15, 0.2) is 5.16 Å². The zero-order valence-electron chi connectivity index (χ0n) is 13.5. The van der Waals surface area contributed by atoms with Crippen molar-refractivity contribution in [1.29, 1.82) is 0 Å². The molecule has 2 atom stereocenters. The Hall–Kier alpha value is -1.19. The summed E-state index contributed by atoms with van der Waals surface area (Å²) in [5.41, 5.74) is 6.51. The highest BCUT2D eigenvalue weighted by Crippen LogP contribution is 2.30. The Bertz CT molecular complexity index is 517. The van der Waals surface area contributed by atoms with Crippen molar-refractivity contribution in [3.63, 3.8) is 0 Å². The molecule has 2 fully saturated rings. The standard InChI is InChI=1S/C14H25N7OS/c1-21-14(18-19-20-21)23-8-7-15-13(22)11-9-16-17-12(11)10-5-3-2-4-6-10/h10-12,16-17H,2-9H2,1H3,(H,15,22). The summed E-state index contributed by atoms with van der Waals surface area (Å²) in [6.45, 7) is 1.34. The van der Waals surface area contributed by atoms with E-state index in [4.69, 9.17) is 0 Å². The van der Waals surface area contributed by atoms with Crippen LogP contribution >= 0.6 is 11.8 Å². The first-order valence-corrected chi connectivity index (χ1v) is 9.35. The maximum absolute atomic E-state index is 12.5. The molecule has 1 aliphatic carbocycles. The Balaban J connectivity index is 1.42. The van der Waals surface area contributed by atoms with Gasteiger partial charge in [0.25, 0.3) is 0 Å². The number of tetrazole rings is 1. The summed E-state index contributed by atoms with van der Waals surface area (Å²) in [5, 5.41) is 15.1. The van der Waals surface area contributed by atoms with Gasteiger partial charge in [0.15, 0.2) is 0 Å². The van der Waals surface area contributed by atoms with Crippen LogP contribution in [0.3, 0.4) is 0 Å². The fourth-order valence-corrected chi connectivity index (χ4v) is 4.21. The molecule has 0 spiro atoms. The summed E-state index contributed by atoms with van der Waals surface area (Å²) >= 11 is 1.55. The van der Waals surface area contributed by atoms with Crippen molar-refractivity contribution in [3.05, 3.63) is 0 Å². The number of hydrogen-bond acceptors (Lipinski definition) is 7. The minimum atomic E-state index is 0.0274. The Morgan fingerprint density at radius 1 is 1.39 bits per heavy atom. The van der Waals surface area contributed by atoms with Gasteiger partial charge >= 0.3 is 0 Å². The monoisotopic (exact) mass is 339 g/mol. The average molecular weight is 339 g/mol. The quantitative estimate of drug-likeness (QED) is 0.499. The highest BCUT2D eigenvalue weighted by Gasteiger charge is 2.38. The molecule has 0 radical (unpaired) electrons.